The fourth-order valence-corrected chi connectivity index (χ4v) is 2.56. The Balaban J connectivity index is 1.75. The molecule has 1 fully saturated rings. The lowest BCUT2D eigenvalue weighted by atomic mass is 10.2. The maximum Gasteiger partial charge on any atom is 0.219 e. The highest BCUT2D eigenvalue weighted by atomic mass is 16.5. The molecule has 6 nitrogen and oxygen atoms in total. The maximum atomic E-state index is 11.5. The number of hydrogen-bond acceptors (Lipinski definition) is 5. The fourth-order valence-electron chi connectivity index (χ4n) is 2.56. The van der Waals surface area contributed by atoms with E-state index < -0.39 is 0 Å². The molecule has 2 aromatic heterocycles. The molecule has 1 saturated heterocycles. The average Bonchev–Trinajstić information content (AvgIpc) is 2.55. The molecule has 3 heterocycles. The van der Waals surface area contributed by atoms with Gasteiger partial charge < -0.3 is 15.0 Å². The molecular weight excluding hydrogens is 292 g/mol. The Kier molecular flexibility index (Phi) is 4.52. The van der Waals surface area contributed by atoms with Gasteiger partial charge in [0.2, 0.25) is 5.91 Å². The van der Waals surface area contributed by atoms with Crippen molar-refractivity contribution in [2.75, 3.05) is 25.0 Å². The number of nitrogens with one attached hydrogen (secondary N) is 1. The smallest absolute Gasteiger partial charge is 0.219 e. The molecule has 1 aliphatic heterocycles. The molecule has 2 aromatic rings. The summed E-state index contributed by atoms with van der Waals surface area (Å²) in [7, 11) is 0. The van der Waals surface area contributed by atoms with E-state index >= 15 is 0 Å². The van der Waals surface area contributed by atoms with E-state index in [4.69, 9.17) is 4.74 Å². The van der Waals surface area contributed by atoms with E-state index in [2.05, 4.69) is 15.3 Å². The van der Waals surface area contributed by atoms with E-state index in [9.17, 15) is 4.79 Å². The number of aryl methyl sites for hydroxylation is 1. The predicted octanol–water partition coefficient (Wildman–Crippen LogP) is 2.45. The van der Waals surface area contributed by atoms with Gasteiger partial charge in [0.25, 0.3) is 0 Å². The fraction of sp³-hybridized carbons (Fsp3) is 0.353. The number of amides is 1. The number of pyridine rings is 2. The highest BCUT2D eigenvalue weighted by molar-refractivity contribution is 5.73. The third kappa shape index (κ3) is 3.84. The van der Waals surface area contributed by atoms with Crippen LogP contribution in [0, 0.1) is 6.92 Å². The number of carbonyl (C=O) groups is 1. The first-order valence-corrected chi connectivity index (χ1v) is 7.66. The predicted molar refractivity (Wildman–Crippen MR) is 87.4 cm³/mol. The van der Waals surface area contributed by atoms with E-state index in [0.29, 0.717) is 25.5 Å². The second-order valence-electron chi connectivity index (χ2n) is 5.56. The monoisotopic (exact) mass is 312 g/mol. The molecule has 6 heteroatoms. The minimum absolute atomic E-state index is 0.0662. The van der Waals surface area contributed by atoms with Crippen LogP contribution in [-0.2, 0) is 9.53 Å². The molecule has 0 radical (unpaired) electrons. The lowest BCUT2D eigenvalue weighted by molar-refractivity contribution is -0.136. The molecule has 0 aliphatic carbocycles. The van der Waals surface area contributed by atoms with Crippen molar-refractivity contribution in [2.24, 2.45) is 0 Å². The van der Waals surface area contributed by atoms with Gasteiger partial charge >= 0.3 is 0 Å². The van der Waals surface area contributed by atoms with Crippen molar-refractivity contribution in [3.63, 3.8) is 0 Å². The van der Waals surface area contributed by atoms with Crippen LogP contribution in [0.4, 0.5) is 11.6 Å². The van der Waals surface area contributed by atoms with E-state index in [-0.39, 0.29) is 12.0 Å². The molecule has 3 rings (SSSR count). The normalized spacial score (nSPS) is 17.8. The Hall–Kier alpha value is -2.47. The van der Waals surface area contributed by atoms with Crippen LogP contribution in [-0.4, -0.2) is 40.5 Å². The lowest BCUT2D eigenvalue weighted by Crippen LogP contribution is -2.41. The molecule has 23 heavy (non-hydrogen) atoms. The molecule has 0 saturated carbocycles. The van der Waals surface area contributed by atoms with Crippen molar-refractivity contribution in [2.45, 2.75) is 20.0 Å². The Bertz CT molecular complexity index is 704. The van der Waals surface area contributed by atoms with E-state index in [0.717, 1.165) is 17.2 Å². The highest BCUT2D eigenvalue weighted by Crippen LogP contribution is 2.22. The molecule has 0 spiro atoms. The summed E-state index contributed by atoms with van der Waals surface area (Å²) in [5.74, 6) is 1.53. The van der Waals surface area contributed by atoms with Gasteiger partial charge in [-0.05, 0) is 31.2 Å². The van der Waals surface area contributed by atoms with Crippen LogP contribution in [0.2, 0.25) is 0 Å². The van der Waals surface area contributed by atoms with Crippen molar-refractivity contribution >= 4 is 17.5 Å². The zero-order valence-corrected chi connectivity index (χ0v) is 13.3. The highest BCUT2D eigenvalue weighted by Gasteiger charge is 2.24. The van der Waals surface area contributed by atoms with Gasteiger partial charge in [0.05, 0.1) is 18.8 Å². The summed E-state index contributed by atoms with van der Waals surface area (Å²) in [5, 5.41) is 3.20. The number of ether oxygens (including phenoxy) is 1. The molecule has 0 aromatic carbocycles. The van der Waals surface area contributed by atoms with Crippen LogP contribution in [0.5, 0.6) is 0 Å². The summed E-state index contributed by atoms with van der Waals surface area (Å²) in [6, 6.07) is 11.5. The third-order valence-electron chi connectivity index (χ3n) is 3.76. The van der Waals surface area contributed by atoms with Crippen molar-refractivity contribution < 1.29 is 9.53 Å². The standard InChI is InChI=1S/C17H20N4O2/c1-12-5-3-7-16(18-12)20-17-8-4-6-14(19-17)15-11-21(13(2)22)9-10-23-15/h3-8,15H,9-11H2,1-2H3,(H,18,19,20). The number of morpholine rings is 1. The van der Waals surface area contributed by atoms with Crippen LogP contribution in [0.1, 0.15) is 24.4 Å². The second-order valence-corrected chi connectivity index (χ2v) is 5.56. The molecule has 1 atom stereocenters. The quantitative estimate of drug-likeness (QED) is 0.943. The molecular formula is C17H20N4O2. The second kappa shape index (κ2) is 6.75. The summed E-state index contributed by atoms with van der Waals surface area (Å²) in [4.78, 5) is 22.3. The SMILES string of the molecule is CC(=O)N1CCOC(c2cccc(Nc3cccc(C)n3)n2)C1. The molecule has 1 aliphatic rings. The summed E-state index contributed by atoms with van der Waals surface area (Å²) in [6.45, 7) is 5.23. The van der Waals surface area contributed by atoms with Gasteiger partial charge in [0.1, 0.15) is 17.7 Å². The average molecular weight is 312 g/mol. The van der Waals surface area contributed by atoms with Crippen molar-refractivity contribution in [1.82, 2.24) is 14.9 Å². The summed E-state index contributed by atoms with van der Waals surface area (Å²) >= 11 is 0. The molecule has 1 amide bonds. The van der Waals surface area contributed by atoms with Crippen molar-refractivity contribution in [3.8, 4) is 0 Å². The van der Waals surface area contributed by atoms with Crippen LogP contribution in [0.3, 0.4) is 0 Å². The Morgan fingerprint density at radius 1 is 1.22 bits per heavy atom. The Labute approximate surface area is 135 Å². The number of rotatable bonds is 3. The van der Waals surface area contributed by atoms with E-state index in [1.165, 1.54) is 0 Å². The molecule has 120 valence electrons. The van der Waals surface area contributed by atoms with Gasteiger partial charge in [0.15, 0.2) is 0 Å². The summed E-state index contributed by atoms with van der Waals surface area (Å²) in [5.41, 5.74) is 1.76. The minimum Gasteiger partial charge on any atom is -0.368 e. The van der Waals surface area contributed by atoms with Crippen LogP contribution in [0.15, 0.2) is 36.4 Å². The summed E-state index contributed by atoms with van der Waals surface area (Å²) in [6.07, 6.45) is -0.195. The minimum atomic E-state index is -0.195. The zero-order valence-electron chi connectivity index (χ0n) is 13.3. The molecule has 1 N–H and O–H groups in total. The van der Waals surface area contributed by atoms with E-state index in [1.807, 2.05) is 43.3 Å². The Morgan fingerprint density at radius 3 is 2.70 bits per heavy atom. The Morgan fingerprint density at radius 2 is 1.96 bits per heavy atom. The topological polar surface area (TPSA) is 67.3 Å². The van der Waals surface area contributed by atoms with Gasteiger partial charge in [-0.2, -0.15) is 0 Å². The molecule has 1 unspecified atom stereocenters. The summed E-state index contributed by atoms with van der Waals surface area (Å²) < 4.78 is 5.77. The third-order valence-corrected chi connectivity index (χ3v) is 3.76. The van der Waals surface area contributed by atoms with Crippen LogP contribution in [0.25, 0.3) is 0 Å². The number of carbonyl (C=O) groups excluding carboxylic acids is 1. The van der Waals surface area contributed by atoms with Crippen LogP contribution >= 0.6 is 0 Å². The number of nitrogens with zero attached hydrogens (tertiary/aromatic N) is 3. The number of anilines is 2. The van der Waals surface area contributed by atoms with Gasteiger partial charge in [-0.1, -0.05) is 12.1 Å². The van der Waals surface area contributed by atoms with Gasteiger partial charge in [0, 0.05) is 19.2 Å². The lowest BCUT2D eigenvalue weighted by Gasteiger charge is -2.32. The van der Waals surface area contributed by atoms with E-state index in [1.54, 1.807) is 11.8 Å². The molecule has 0 bridgehead atoms. The first kappa shape index (κ1) is 15.4. The first-order chi connectivity index (χ1) is 11.1. The van der Waals surface area contributed by atoms with Crippen molar-refractivity contribution in [3.05, 3.63) is 47.8 Å². The zero-order chi connectivity index (χ0) is 16.2. The maximum absolute atomic E-state index is 11.5. The van der Waals surface area contributed by atoms with Gasteiger partial charge in [-0.3, -0.25) is 4.79 Å². The first-order valence-electron chi connectivity index (χ1n) is 7.66. The number of hydrogen-bond donors (Lipinski definition) is 1. The van der Waals surface area contributed by atoms with Crippen LogP contribution < -0.4 is 5.32 Å². The van der Waals surface area contributed by atoms with Gasteiger partial charge in [-0.25, -0.2) is 9.97 Å². The van der Waals surface area contributed by atoms with Crippen molar-refractivity contribution in [1.29, 1.82) is 0 Å². The largest absolute Gasteiger partial charge is 0.368 e. The number of aromatic nitrogens is 2. The van der Waals surface area contributed by atoms with Gasteiger partial charge in [-0.15, -0.1) is 0 Å².